The molecule has 1 N–H and O–H groups in total. The fraction of sp³-hybridized carbons (Fsp3) is 0.429. The van der Waals surface area contributed by atoms with E-state index >= 15 is 0 Å². The number of ether oxygens (including phenoxy) is 1. The molecule has 1 amide bonds. The van der Waals surface area contributed by atoms with Gasteiger partial charge in [-0.3, -0.25) is 4.79 Å². The van der Waals surface area contributed by atoms with Crippen LogP contribution in [0.4, 0.5) is 0 Å². The van der Waals surface area contributed by atoms with Gasteiger partial charge in [0.15, 0.2) is 0 Å². The van der Waals surface area contributed by atoms with Crippen molar-refractivity contribution in [3.8, 4) is 5.75 Å². The molecule has 0 aromatic heterocycles. The zero-order chi connectivity index (χ0) is 14.6. The maximum absolute atomic E-state index is 12.1. The predicted molar refractivity (Wildman–Crippen MR) is 71.2 cm³/mol. The molecule has 19 heavy (non-hydrogen) atoms. The first-order chi connectivity index (χ1) is 8.80. The van der Waals surface area contributed by atoms with Crippen LogP contribution in [-0.2, 0) is 16.0 Å². The number of para-hydroxylation sites is 1. The standard InChI is InChI=1S/C14H19NO4/c1-14(2,13(17)18)15(3)12(16)9-10-7-5-6-8-11(10)19-4/h5-8H,9H2,1-4H3,(H,17,18). The fourth-order valence-electron chi connectivity index (χ4n) is 1.59. The van der Waals surface area contributed by atoms with Gasteiger partial charge in [-0.05, 0) is 19.9 Å². The predicted octanol–water partition coefficient (Wildman–Crippen LogP) is 1.56. The number of hydrogen-bond donors (Lipinski definition) is 1. The maximum Gasteiger partial charge on any atom is 0.329 e. The second kappa shape index (κ2) is 5.73. The molecule has 5 heteroatoms. The number of benzene rings is 1. The van der Waals surface area contributed by atoms with Gasteiger partial charge in [0.2, 0.25) is 5.91 Å². The Morgan fingerprint density at radius 1 is 1.32 bits per heavy atom. The molecule has 1 aromatic carbocycles. The molecule has 0 heterocycles. The van der Waals surface area contributed by atoms with E-state index < -0.39 is 11.5 Å². The minimum absolute atomic E-state index is 0.108. The van der Waals surface area contributed by atoms with Gasteiger partial charge in [0.05, 0.1) is 13.5 Å². The molecular weight excluding hydrogens is 246 g/mol. The second-order valence-corrected chi connectivity index (χ2v) is 4.81. The van der Waals surface area contributed by atoms with Gasteiger partial charge in [-0.1, -0.05) is 18.2 Å². The van der Waals surface area contributed by atoms with Crippen LogP contribution in [0.1, 0.15) is 19.4 Å². The third-order valence-electron chi connectivity index (χ3n) is 3.27. The van der Waals surface area contributed by atoms with Crippen LogP contribution in [-0.4, -0.2) is 41.6 Å². The van der Waals surface area contributed by atoms with Crippen LogP contribution in [0.5, 0.6) is 5.75 Å². The molecule has 0 unspecified atom stereocenters. The summed E-state index contributed by atoms with van der Waals surface area (Å²) in [7, 11) is 3.03. The molecule has 0 aliphatic heterocycles. The van der Waals surface area contributed by atoms with Crippen LogP contribution >= 0.6 is 0 Å². The Balaban J connectivity index is 2.88. The van der Waals surface area contributed by atoms with Gasteiger partial charge in [0, 0.05) is 12.6 Å². The highest BCUT2D eigenvalue weighted by Gasteiger charge is 2.35. The molecular formula is C14H19NO4. The number of carbonyl (C=O) groups is 2. The Hall–Kier alpha value is -2.04. The third kappa shape index (κ3) is 3.24. The summed E-state index contributed by atoms with van der Waals surface area (Å²) in [5.41, 5.74) is -0.498. The molecule has 0 saturated heterocycles. The second-order valence-electron chi connectivity index (χ2n) is 4.81. The van der Waals surface area contributed by atoms with E-state index in [0.29, 0.717) is 5.75 Å². The Labute approximate surface area is 112 Å². The number of carbonyl (C=O) groups excluding carboxylic acids is 1. The summed E-state index contributed by atoms with van der Waals surface area (Å²) >= 11 is 0. The van der Waals surface area contributed by atoms with Crippen molar-refractivity contribution in [3.63, 3.8) is 0 Å². The lowest BCUT2D eigenvalue weighted by atomic mass is 10.0. The van der Waals surface area contributed by atoms with Gasteiger partial charge in [0.1, 0.15) is 11.3 Å². The first-order valence-electron chi connectivity index (χ1n) is 5.92. The summed E-state index contributed by atoms with van der Waals surface area (Å²) in [6.45, 7) is 2.99. The number of carboxylic acids is 1. The highest BCUT2D eigenvalue weighted by Crippen LogP contribution is 2.20. The van der Waals surface area contributed by atoms with Crippen molar-refractivity contribution >= 4 is 11.9 Å². The molecule has 0 saturated carbocycles. The van der Waals surface area contributed by atoms with E-state index in [1.807, 2.05) is 12.1 Å². The van der Waals surface area contributed by atoms with E-state index in [9.17, 15) is 9.59 Å². The zero-order valence-electron chi connectivity index (χ0n) is 11.6. The number of amides is 1. The van der Waals surface area contributed by atoms with Crippen LogP contribution in [0, 0.1) is 0 Å². The highest BCUT2D eigenvalue weighted by molar-refractivity contribution is 5.87. The van der Waals surface area contributed by atoms with E-state index in [1.165, 1.54) is 32.9 Å². The van der Waals surface area contributed by atoms with E-state index in [2.05, 4.69) is 0 Å². The number of likely N-dealkylation sites (N-methyl/N-ethyl adjacent to an activating group) is 1. The van der Waals surface area contributed by atoms with Crippen molar-refractivity contribution in [2.45, 2.75) is 25.8 Å². The monoisotopic (exact) mass is 265 g/mol. The smallest absolute Gasteiger partial charge is 0.329 e. The van der Waals surface area contributed by atoms with Crippen LogP contribution in [0.3, 0.4) is 0 Å². The summed E-state index contributed by atoms with van der Waals surface area (Å²) in [6, 6.07) is 7.19. The summed E-state index contributed by atoms with van der Waals surface area (Å²) in [6.07, 6.45) is 0.108. The molecule has 104 valence electrons. The normalized spacial score (nSPS) is 10.9. The number of nitrogens with zero attached hydrogens (tertiary/aromatic N) is 1. The van der Waals surface area contributed by atoms with Gasteiger partial charge in [-0.2, -0.15) is 0 Å². The lowest BCUT2D eigenvalue weighted by Crippen LogP contribution is -2.51. The molecule has 1 aromatic rings. The number of hydrogen-bond acceptors (Lipinski definition) is 3. The van der Waals surface area contributed by atoms with Crippen LogP contribution in [0.25, 0.3) is 0 Å². The summed E-state index contributed by atoms with van der Waals surface area (Å²) < 4.78 is 5.17. The first-order valence-corrected chi connectivity index (χ1v) is 5.92. The van der Waals surface area contributed by atoms with Gasteiger partial charge in [-0.15, -0.1) is 0 Å². The Morgan fingerprint density at radius 2 is 1.89 bits per heavy atom. The Morgan fingerprint density at radius 3 is 2.42 bits per heavy atom. The summed E-state index contributed by atoms with van der Waals surface area (Å²) in [4.78, 5) is 24.5. The average Bonchev–Trinajstić information content (AvgIpc) is 2.38. The fourth-order valence-corrected chi connectivity index (χ4v) is 1.59. The van der Waals surface area contributed by atoms with Crippen LogP contribution in [0.2, 0.25) is 0 Å². The molecule has 0 aliphatic rings. The number of rotatable bonds is 5. The quantitative estimate of drug-likeness (QED) is 0.877. The minimum atomic E-state index is -1.24. The molecule has 0 bridgehead atoms. The van der Waals surface area contributed by atoms with Crippen molar-refractivity contribution in [1.82, 2.24) is 4.90 Å². The topological polar surface area (TPSA) is 66.8 Å². The van der Waals surface area contributed by atoms with E-state index in [1.54, 1.807) is 12.1 Å². The molecule has 0 radical (unpaired) electrons. The van der Waals surface area contributed by atoms with Crippen molar-refractivity contribution in [2.24, 2.45) is 0 Å². The Kier molecular flexibility index (Phi) is 4.53. The van der Waals surface area contributed by atoms with Crippen molar-refractivity contribution in [1.29, 1.82) is 0 Å². The third-order valence-corrected chi connectivity index (χ3v) is 3.27. The lowest BCUT2D eigenvalue weighted by Gasteiger charge is -2.31. The van der Waals surface area contributed by atoms with Crippen LogP contribution in [0.15, 0.2) is 24.3 Å². The molecule has 5 nitrogen and oxygen atoms in total. The number of aliphatic carboxylic acids is 1. The summed E-state index contributed by atoms with van der Waals surface area (Å²) in [5.74, 6) is -0.683. The van der Waals surface area contributed by atoms with E-state index in [0.717, 1.165) is 5.56 Å². The van der Waals surface area contributed by atoms with Crippen LogP contribution < -0.4 is 4.74 Å². The average molecular weight is 265 g/mol. The number of methoxy groups -OCH3 is 1. The molecule has 0 aliphatic carbocycles. The molecule has 0 spiro atoms. The molecule has 1 rings (SSSR count). The van der Waals surface area contributed by atoms with E-state index in [-0.39, 0.29) is 12.3 Å². The molecule has 0 fully saturated rings. The van der Waals surface area contributed by atoms with Gasteiger partial charge >= 0.3 is 5.97 Å². The lowest BCUT2D eigenvalue weighted by molar-refractivity contribution is -0.155. The van der Waals surface area contributed by atoms with Crippen molar-refractivity contribution < 1.29 is 19.4 Å². The number of carboxylic acid groups (broad SMARTS) is 1. The summed E-state index contributed by atoms with van der Waals surface area (Å²) in [5, 5.41) is 9.11. The van der Waals surface area contributed by atoms with E-state index in [4.69, 9.17) is 9.84 Å². The molecule has 0 atom stereocenters. The first kappa shape index (κ1) is 15.0. The van der Waals surface area contributed by atoms with Gasteiger partial charge < -0.3 is 14.7 Å². The van der Waals surface area contributed by atoms with Gasteiger partial charge in [0.25, 0.3) is 0 Å². The largest absolute Gasteiger partial charge is 0.496 e. The SMILES string of the molecule is COc1ccccc1CC(=O)N(C)C(C)(C)C(=O)O. The Bertz CT molecular complexity index is 482. The highest BCUT2D eigenvalue weighted by atomic mass is 16.5. The van der Waals surface area contributed by atoms with Gasteiger partial charge in [-0.25, -0.2) is 4.79 Å². The zero-order valence-corrected chi connectivity index (χ0v) is 11.6. The van der Waals surface area contributed by atoms with Crippen molar-refractivity contribution in [2.75, 3.05) is 14.2 Å². The van der Waals surface area contributed by atoms with Crippen molar-refractivity contribution in [3.05, 3.63) is 29.8 Å². The minimum Gasteiger partial charge on any atom is -0.496 e. The maximum atomic E-state index is 12.1.